The largest absolute Gasteiger partial charge is 0.488 e. The highest BCUT2D eigenvalue weighted by Gasteiger charge is 2.21. The number of hydrogen-bond acceptors (Lipinski definition) is 4. The van der Waals surface area contributed by atoms with E-state index < -0.39 is 5.97 Å². The van der Waals surface area contributed by atoms with Gasteiger partial charge in [0.2, 0.25) is 0 Å². The number of carboxylic acid groups (broad SMARTS) is 1. The van der Waals surface area contributed by atoms with Crippen LogP contribution < -0.4 is 4.74 Å². The van der Waals surface area contributed by atoms with E-state index in [4.69, 9.17) is 4.74 Å². The molecule has 35 heavy (non-hydrogen) atoms. The van der Waals surface area contributed by atoms with Crippen molar-refractivity contribution in [2.45, 2.75) is 6.61 Å². The summed E-state index contributed by atoms with van der Waals surface area (Å²) < 4.78 is 6.05. The third kappa shape index (κ3) is 5.53. The molecule has 5 rings (SSSR count). The Morgan fingerprint density at radius 1 is 0.857 bits per heavy atom. The quantitative estimate of drug-likeness (QED) is 0.552. The molecule has 0 unspecified atom stereocenters. The van der Waals surface area contributed by atoms with Crippen LogP contribution in [0.4, 0.5) is 0 Å². The van der Waals surface area contributed by atoms with Gasteiger partial charge in [-0.3, -0.25) is 9.80 Å². The van der Waals surface area contributed by atoms with Crippen LogP contribution >= 0.6 is 0 Å². The van der Waals surface area contributed by atoms with E-state index in [0.717, 1.165) is 67.3 Å². The first-order valence-electron chi connectivity index (χ1n) is 12.1. The van der Waals surface area contributed by atoms with Gasteiger partial charge in [0.1, 0.15) is 12.4 Å². The standard InChI is InChI=1S/C30H30N2O3/c33-30(34)24-12-13-29-28(21-24)27(26-11-5-4-10-25(26)22-35-29)14-16-32-19-17-31(18-20-32)15-6-9-23-7-2-1-3-8-23/h1-14,21H,15-20,22H2,(H,33,34)/b9-6+,27-14+. The van der Waals surface area contributed by atoms with E-state index in [9.17, 15) is 9.90 Å². The zero-order chi connectivity index (χ0) is 24.0. The molecule has 0 radical (unpaired) electrons. The van der Waals surface area contributed by atoms with E-state index in [1.165, 1.54) is 5.56 Å². The number of benzene rings is 3. The van der Waals surface area contributed by atoms with E-state index in [-0.39, 0.29) is 5.56 Å². The van der Waals surface area contributed by atoms with Crippen molar-refractivity contribution in [2.24, 2.45) is 0 Å². The van der Waals surface area contributed by atoms with Gasteiger partial charge in [-0.15, -0.1) is 0 Å². The number of aromatic carboxylic acids is 1. The first-order chi connectivity index (χ1) is 17.2. The molecule has 178 valence electrons. The Hall–Kier alpha value is -3.67. The van der Waals surface area contributed by atoms with E-state index in [1.54, 1.807) is 18.2 Å². The number of ether oxygens (including phenoxy) is 1. The van der Waals surface area contributed by atoms with Crippen molar-refractivity contribution < 1.29 is 14.6 Å². The van der Waals surface area contributed by atoms with Gasteiger partial charge in [0.15, 0.2) is 0 Å². The average Bonchev–Trinajstić information content (AvgIpc) is 3.05. The van der Waals surface area contributed by atoms with Crippen molar-refractivity contribution >= 4 is 17.6 Å². The van der Waals surface area contributed by atoms with Crippen LogP contribution in [0.3, 0.4) is 0 Å². The third-order valence-electron chi connectivity index (χ3n) is 6.70. The maximum atomic E-state index is 11.6. The van der Waals surface area contributed by atoms with Gasteiger partial charge in [-0.1, -0.05) is 72.8 Å². The molecule has 1 saturated heterocycles. The molecule has 3 aromatic carbocycles. The number of nitrogens with zero attached hydrogens (tertiary/aromatic N) is 2. The van der Waals surface area contributed by atoms with Gasteiger partial charge in [0, 0.05) is 44.8 Å². The topological polar surface area (TPSA) is 53.0 Å². The minimum Gasteiger partial charge on any atom is -0.488 e. The molecule has 0 aliphatic carbocycles. The number of rotatable bonds is 6. The van der Waals surface area contributed by atoms with Crippen LogP contribution in [-0.4, -0.2) is 60.1 Å². The lowest BCUT2D eigenvalue weighted by atomic mass is 9.93. The zero-order valence-electron chi connectivity index (χ0n) is 19.8. The van der Waals surface area contributed by atoms with Crippen LogP contribution in [0, 0.1) is 0 Å². The van der Waals surface area contributed by atoms with Crippen molar-refractivity contribution in [1.82, 2.24) is 9.80 Å². The molecule has 1 fully saturated rings. The maximum absolute atomic E-state index is 11.6. The summed E-state index contributed by atoms with van der Waals surface area (Å²) in [4.78, 5) is 16.6. The summed E-state index contributed by atoms with van der Waals surface area (Å²) in [6, 6.07) is 23.8. The van der Waals surface area contributed by atoms with E-state index in [0.29, 0.717) is 6.61 Å². The van der Waals surface area contributed by atoms with Crippen LogP contribution in [0.5, 0.6) is 5.75 Å². The summed E-state index contributed by atoms with van der Waals surface area (Å²) in [6.07, 6.45) is 6.67. The molecule has 2 aliphatic rings. The first-order valence-corrected chi connectivity index (χ1v) is 12.1. The summed E-state index contributed by atoms with van der Waals surface area (Å²) >= 11 is 0. The van der Waals surface area contributed by atoms with Crippen molar-refractivity contribution in [3.05, 3.63) is 113 Å². The maximum Gasteiger partial charge on any atom is 0.335 e. The smallest absolute Gasteiger partial charge is 0.335 e. The van der Waals surface area contributed by atoms with Gasteiger partial charge in [0.25, 0.3) is 0 Å². The Kier molecular flexibility index (Phi) is 7.07. The van der Waals surface area contributed by atoms with Crippen LogP contribution in [0.2, 0.25) is 0 Å². The van der Waals surface area contributed by atoms with Crippen molar-refractivity contribution in [3.63, 3.8) is 0 Å². The lowest BCUT2D eigenvalue weighted by Crippen LogP contribution is -2.46. The van der Waals surface area contributed by atoms with Crippen LogP contribution in [0.25, 0.3) is 11.6 Å². The van der Waals surface area contributed by atoms with Crippen LogP contribution in [0.15, 0.2) is 84.9 Å². The SMILES string of the molecule is O=C(O)c1ccc2c(c1)/C(=C/CN1CCN(C/C=C/c3ccccc3)CC1)c1ccccc1CO2. The highest BCUT2D eigenvalue weighted by Crippen LogP contribution is 2.37. The second kappa shape index (κ2) is 10.7. The first kappa shape index (κ1) is 23.1. The molecule has 0 saturated carbocycles. The predicted octanol–water partition coefficient (Wildman–Crippen LogP) is 5.04. The zero-order valence-corrected chi connectivity index (χ0v) is 19.8. The van der Waals surface area contributed by atoms with Crippen LogP contribution in [-0.2, 0) is 6.61 Å². The molecule has 0 spiro atoms. The summed E-state index contributed by atoms with van der Waals surface area (Å²) in [6.45, 7) is 6.31. The number of carboxylic acids is 1. The fourth-order valence-electron chi connectivity index (χ4n) is 4.71. The monoisotopic (exact) mass is 466 g/mol. The average molecular weight is 467 g/mol. The van der Waals surface area contributed by atoms with E-state index >= 15 is 0 Å². The minimum absolute atomic E-state index is 0.273. The Labute approximate surface area is 206 Å². The van der Waals surface area contributed by atoms with Gasteiger partial charge >= 0.3 is 5.97 Å². The molecular formula is C30H30N2O3. The molecule has 5 nitrogen and oxygen atoms in total. The number of carbonyl (C=O) groups is 1. The van der Waals surface area contributed by atoms with Crippen molar-refractivity contribution in [2.75, 3.05) is 39.3 Å². The fourth-order valence-corrected chi connectivity index (χ4v) is 4.71. The van der Waals surface area contributed by atoms with Gasteiger partial charge in [-0.25, -0.2) is 4.79 Å². The molecule has 2 aliphatic heterocycles. The summed E-state index contributed by atoms with van der Waals surface area (Å²) in [5.74, 6) is -0.199. The Morgan fingerprint density at radius 2 is 1.57 bits per heavy atom. The highest BCUT2D eigenvalue weighted by atomic mass is 16.5. The van der Waals surface area contributed by atoms with E-state index in [1.807, 2.05) is 18.2 Å². The fraction of sp³-hybridized carbons (Fsp3) is 0.233. The highest BCUT2D eigenvalue weighted by molar-refractivity contribution is 5.92. The number of piperazine rings is 1. The minimum atomic E-state index is -0.929. The summed E-state index contributed by atoms with van der Waals surface area (Å²) in [7, 11) is 0. The molecule has 0 amide bonds. The van der Waals surface area contributed by atoms with Gasteiger partial charge in [-0.05, 0) is 40.5 Å². The Balaban J connectivity index is 1.29. The van der Waals surface area contributed by atoms with Gasteiger partial charge in [0.05, 0.1) is 5.56 Å². The summed E-state index contributed by atoms with van der Waals surface area (Å²) in [5.41, 5.74) is 5.62. The molecule has 0 atom stereocenters. The van der Waals surface area contributed by atoms with E-state index in [2.05, 4.69) is 64.4 Å². The molecule has 0 aromatic heterocycles. The molecule has 3 aromatic rings. The lowest BCUT2D eigenvalue weighted by molar-refractivity contribution is 0.0697. The molecular weight excluding hydrogens is 436 g/mol. The Bertz CT molecular complexity index is 1240. The van der Waals surface area contributed by atoms with Crippen molar-refractivity contribution in [1.29, 1.82) is 0 Å². The molecule has 0 bridgehead atoms. The van der Waals surface area contributed by atoms with Gasteiger partial charge in [-0.2, -0.15) is 0 Å². The normalized spacial score (nSPS) is 17.5. The Morgan fingerprint density at radius 3 is 2.34 bits per heavy atom. The second-order valence-corrected chi connectivity index (χ2v) is 8.99. The van der Waals surface area contributed by atoms with Crippen LogP contribution in [0.1, 0.15) is 32.6 Å². The summed E-state index contributed by atoms with van der Waals surface area (Å²) in [5, 5.41) is 9.55. The second-order valence-electron chi connectivity index (χ2n) is 8.99. The predicted molar refractivity (Wildman–Crippen MR) is 140 cm³/mol. The molecule has 1 N–H and O–H groups in total. The lowest BCUT2D eigenvalue weighted by Gasteiger charge is -2.33. The number of fused-ring (bicyclic) bond motifs is 2. The molecule has 2 heterocycles. The van der Waals surface area contributed by atoms with Gasteiger partial charge < -0.3 is 9.84 Å². The van der Waals surface area contributed by atoms with Crippen molar-refractivity contribution in [3.8, 4) is 5.75 Å². The molecule has 5 heteroatoms. The third-order valence-corrected chi connectivity index (χ3v) is 6.70. The number of hydrogen-bond donors (Lipinski definition) is 1.